The van der Waals surface area contributed by atoms with E-state index in [1.807, 2.05) is 0 Å². The zero-order chi connectivity index (χ0) is 23.9. The van der Waals surface area contributed by atoms with Gasteiger partial charge < -0.3 is 29.7 Å². The van der Waals surface area contributed by atoms with Crippen LogP contribution in [0, 0.1) is 56.4 Å². The predicted octanol–water partition coefficient (Wildman–Crippen LogP) is 2.86. The molecule has 0 amide bonds. The van der Waals surface area contributed by atoms with Gasteiger partial charge in [-0.1, -0.05) is 80.1 Å². The van der Waals surface area contributed by atoms with E-state index in [0.29, 0.717) is 17.8 Å². The van der Waals surface area contributed by atoms with Crippen molar-refractivity contribution in [3.63, 3.8) is 0 Å². The standard InChI is InChI=1S/3C8H16O2.Tb/c3*1-7(2)5-3-4-6-8(9)10;/h3*7H,3-6H2,1-2H3,(H,9,10);/q;;;+3/p-3. The number of aliphatic carboxylic acids is 3. The molecular formula is C24H45O6Tb. The van der Waals surface area contributed by atoms with Gasteiger partial charge in [0.15, 0.2) is 0 Å². The van der Waals surface area contributed by atoms with Gasteiger partial charge in [-0.05, 0) is 56.3 Å². The molecule has 0 aliphatic carbocycles. The molecule has 31 heavy (non-hydrogen) atoms. The average molecular weight is 589 g/mol. The number of carboxylic acid groups (broad SMARTS) is 3. The minimum Gasteiger partial charge on any atom is -0.550 e. The maximum Gasteiger partial charge on any atom is 3.00 e. The van der Waals surface area contributed by atoms with E-state index >= 15 is 0 Å². The van der Waals surface area contributed by atoms with E-state index in [1.54, 1.807) is 0 Å². The number of carbonyl (C=O) groups excluding carboxylic acids is 3. The van der Waals surface area contributed by atoms with Crippen LogP contribution in [0.4, 0.5) is 0 Å². The summed E-state index contributed by atoms with van der Waals surface area (Å²) in [6.07, 6.45) is 9.31. The Bertz CT molecular complexity index is 360. The summed E-state index contributed by atoms with van der Waals surface area (Å²) in [4.78, 5) is 29.8. The van der Waals surface area contributed by atoms with Gasteiger partial charge in [0, 0.05) is 17.9 Å². The molecule has 0 fully saturated rings. The molecule has 0 N–H and O–H groups in total. The van der Waals surface area contributed by atoms with E-state index in [4.69, 9.17) is 0 Å². The molecule has 0 bridgehead atoms. The second-order valence-corrected chi connectivity index (χ2v) is 9.03. The van der Waals surface area contributed by atoms with Gasteiger partial charge in [-0.3, -0.25) is 0 Å². The van der Waals surface area contributed by atoms with Crippen LogP contribution in [0.5, 0.6) is 0 Å². The van der Waals surface area contributed by atoms with E-state index in [1.165, 1.54) is 0 Å². The molecule has 0 aromatic heterocycles. The maximum absolute atomic E-state index is 9.93. The molecule has 186 valence electrons. The number of unbranched alkanes of at least 4 members (excludes halogenated alkanes) is 3. The minimum absolute atomic E-state index is 0. The Labute approximate surface area is 221 Å². The van der Waals surface area contributed by atoms with E-state index in [9.17, 15) is 29.7 Å². The third-order valence-corrected chi connectivity index (χ3v) is 4.24. The fourth-order valence-electron chi connectivity index (χ4n) is 2.47. The van der Waals surface area contributed by atoms with Crippen LogP contribution in [-0.4, -0.2) is 17.9 Å². The fraction of sp³-hybridized carbons (Fsp3) is 0.875. The molecule has 0 aliphatic heterocycles. The summed E-state index contributed by atoms with van der Waals surface area (Å²) in [5.41, 5.74) is 0. The smallest absolute Gasteiger partial charge is 0.550 e. The molecule has 7 heteroatoms. The number of rotatable bonds is 15. The summed E-state index contributed by atoms with van der Waals surface area (Å²) in [7, 11) is 0. The van der Waals surface area contributed by atoms with E-state index in [-0.39, 0.29) is 57.9 Å². The first kappa shape index (κ1) is 38.0. The Balaban J connectivity index is -0.000000174. The largest absolute Gasteiger partial charge is 3.00 e. The Kier molecular flexibility index (Phi) is 34.0. The van der Waals surface area contributed by atoms with Crippen molar-refractivity contribution in [3.05, 3.63) is 0 Å². The molecule has 0 rings (SSSR count). The number of hydrogen-bond acceptors (Lipinski definition) is 6. The van der Waals surface area contributed by atoms with E-state index in [0.717, 1.165) is 57.8 Å². The van der Waals surface area contributed by atoms with Crippen LogP contribution in [0.2, 0.25) is 0 Å². The van der Waals surface area contributed by atoms with Crippen molar-refractivity contribution in [3.8, 4) is 0 Å². The first-order valence-electron chi connectivity index (χ1n) is 11.5. The van der Waals surface area contributed by atoms with Crippen molar-refractivity contribution in [1.29, 1.82) is 0 Å². The predicted molar refractivity (Wildman–Crippen MR) is 115 cm³/mol. The number of hydrogen-bond donors (Lipinski definition) is 0. The zero-order valence-corrected chi connectivity index (χ0v) is 22.6. The van der Waals surface area contributed by atoms with Gasteiger partial charge in [-0.15, -0.1) is 0 Å². The second kappa shape index (κ2) is 27.7. The van der Waals surface area contributed by atoms with Crippen molar-refractivity contribution in [2.24, 2.45) is 17.8 Å². The van der Waals surface area contributed by atoms with Gasteiger partial charge in [-0.2, -0.15) is 0 Å². The quantitative estimate of drug-likeness (QED) is 0.272. The van der Waals surface area contributed by atoms with Crippen molar-refractivity contribution in [2.75, 3.05) is 0 Å². The first-order valence-corrected chi connectivity index (χ1v) is 11.5. The second-order valence-electron chi connectivity index (χ2n) is 9.03. The molecule has 0 aromatic rings. The van der Waals surface area contributed by atoms with Gasteiger partial charge in [0.05, 0.1) is 0 Å². The van der Waals surface area contributed by atoms with Crippen LogP contribution in [0.15, 0.2) is 0 Å². The molecule has 6 nitrogen and oxygen atoms in total. The monoisotopic (exact) mass is 588 g/mol. The van der Waals surface area contributed by atoms with Gasteiger partial charge >= 0.3 is 38.6 Å². The van der Waals surface area contributed by atoms with E-state index in [2.05, 4.69) is 41.5 Å². The first-order chi connectivity index (χ1) is 13.9. The molecule has 0 saturated carbocycles. The van der Waals surface area contributed by atoms with Crippen LogP contribution in [0.1, 0.15) is 119 Å². The molecule has 0 aromatic carbocycles. The van der Waals surface area contributed by atoms with Gasteiger partial charge in [0.25, 0.3) is 0 Å². The molecule has 0 radical (unpaired) electrons. The van der Waals surface area contributed by atoms with E-state index < -0.39 is 17.9 Å². The third kappa shape index (κ3) is 53.2. The molecule has 0 saturated heterocycles. The van der Waals surface area contributed by atoms with Crippen molar-refractivity contribution < 1.29 is 68.3 Å². The van der Waals surface area contributed by atoms with Crippen molar-refractivity contribution >= 4 is 17.9 Å². The maximum atomic E-state index is 9.93. The van der Waals surface area contributed by atoms with Crippen LogP contribution < -0.4 is 15.3 Å². The zero-order valence-electron chi connectivity index (χ0n) is 20.5. The summed E-state index contributed by atoms with van der Waals surface area (Å²) >= 11 is 0. The third-order valence-electron chi connectivity index (χ3n) is 4.24. The Hall–Kier alpha value is -0.304. The van der Waals surface area contributed by atoms with Crippen LogP contribution >= 0.6 is 0 Å². The van der Waals surface area contributed by atoms with Gasteiger partial charge in [0.2, 0.25) is 0 Å². The van der Waals surface area contributed by atoms with Crippen molar-refractivity contribution in [2.45, 2.75) is 119 Å². The SMILES string of the molecule is CC(C)CCCCC(=O)[O-].CC(C)CCCCC(=O)[O-].CC(C)CCCCC(=O)[O-].[Tb+3]. The fourth-order valence-corrected chi connectivity index (χ4v) is 2.47. The van der Waals surface area contributed by atoms with Crippen LogP contribution in [0.3, 0.4) is 0 Å². The molecular weight excluding hydrogens is 543 g/mol. The molecule has 0 unspecified atom stereocenters. The summed E-state index contributed by atoms with van der Waals surface area (Å²) < 4.78 is 0. The summed E-state index contributed by atoms with van der Waals surface area (Å²) in [6, 6.07) is 0. The van der Waals surface area contributed by atoms with Crippen molar-refractivity contribution in [1.82, 2.24) is 0 Å². The topological polar surface area (TPSA) is 120 Å². The Morgan fingerprint density at radius 1 is 0.484 bits per heavy atom. The number of carboxylic acids is 3. The average Bonchev–Trinajstić information content (AvgIpc) is 2.60. The summed E-state index contributed by atoms with van der Waals surface area (Å²) in [5, 5.41) is 29.8. The van der Waals surface area contributed by atoms with Crippen LogP contribution in [-0.2, 0) is 14.4 Å². The summed E-state index contributed by atoms with van der Waals surface area (Å²) in [6.45, 7) is 12.8. The minimum atomic E-state index is -0.927. The summed E-state index contributed by atoms with van der Waals surface area (Å²) in [5.74, 6) is -0.735. The molecule has 0 aliphatic rings. The number of carbonyl (C=O) groups is 3. The normalized spacial score (nSPS) is 9.97. The molecule has 0 spiro atoms. The Morgan fingerprint density at radius 2 is 0.677 bits per heavy atom. The van der Waals surface area contributed by atoms with Crippen LogP contribution in [0.25, 0.3) is 0 Å². The Morgan fingerprint density at radius 3 is 0.806 bits per heavy atom. The molecule has 0 heterocycles. The van der Waals surface area contributed by atoms with Gasteiger partial charge in [0.1, 0.15) is 0 Å². The molecule has 0 atom stereocenters. The van der Waals surface area contributed by atoms with Gasteiger partial charge in [-0.25, -0.2) is 0 Å².